The molecular weight excluding hydrogens is 314 g/mol. The molecule has 0 spiro atoms. The number of nitrogens with zero attached hydrogens (tertiary/aromatic N) is 2. The molecule has 3 rings (SSSR count). The predicted molar refractivity (Wildman–Crippen MR) is 98.7 cm³/mol. The van der Waals surface area contributed by atoms with Gasteiger partial charge in [0.15, 0.2) is 0 Å². The molecule has 0 bridgehead atoms. The fourth-order valence-electron chi connectivity index (χ4n) is 3.48. The van der Waals surface area contributed by atoms with Gasteiger partial charge in [0.25, 0.3) is 0 Å². The number of carbonyl (C=O) groups excluding carboxylic acids is 1. The van der Waals surface area contributed by atoms with E-state index in [1.807, 2.05) is 19.9 Å². The van der Waals surface area contributed by atoms with E-state index in [0.29, 0.717) is 24.3 Å². The van der Waals surface area contributed by atoms with Crippen molar-refractivity contribution >= 4 is 5.91 Å². The molecule has 1 saturated heterocycles. The van der Waals surface area contributed by atoms with Crippen molar-refractivity contribution in [3.05, 3.63) is 23.9 Å². The average Bonchev–Trinajstić information content (AvgIpc) is 3.40. The number of carbonyl (C=O) groups is 1. The highest BCUT2D eigenvalue weighted by molar-refractivity contribution is 5.82. The van der Waals surface area contributed by atoms with Gasteiger partial charge in [-0.1, -0.05) is 13.0 Å². The number of likely N-dealkylation sites (tertiary alicyclic amines) is 1. The Morgan fingerprint density at radius 3 is 2.84 bits per heavy atom. The second-order valence-electron chi connectivity index (χ2n) is 8.45. The summed E-state index contributed by atoms with van der Waals surface area (Å²) in [6.45, 7) is 8.51. The summed E-state index contributed by atoms with van der Waals surface area (Å²) in [5.41, 5.74) is 0.601. The number of rotatable bonds is 6. The lowest BCUT2D eigenvalue weighted by Crippen LogP contribution is -2.52. The summed E-state index contributed by atoms with van der Waals surface area (Å²) in [5.74, 6) is 1.81. The van der Waals surface area contributed by atoms with Gasteiger partial charge in [-0.25, -0.2) is 4.98 Å². The van der Waals surface area contributed by atoms with Gasteiger partial charge in [-0.3, -0.25) is 4.79 Å². The van der Waals surface area contributed by atoms with Gasteiger partial charge in [0.05, 0.1) is 5.41 Å². The van der Waals surface area contributed by atoms with Crippen LogP contribution in [0.5, 0.6) is 5.88 Å². The van der Waals surface area contributed by atoms with Crippen LogP contribution in [-0.4, -0.2) is 48.6 Å². The van der Waals surface area contributed by atoms with E-state index in [4.69, 9.17) is 4.74 Å². The number of nitrogens with one attached hydrogen (secondary N) is 1. The van der Waals surface area contributed by atoms with E-state index in [-0.39, 0.29) is 11.9 Å². The third-order valence-corrected chi connectivity index (χ3v) is 5.43. The largest absolute Gasteiger partial charge is 0.476 e. The highest BCUT2D eigenvalue weighted by Crippen LogP contribution is 2.43. The molecule has 1 aliphatic heterocycles. The first-order valence-electron chi connectivity index (χ1n) is 9.44. The maximum atomic E-state index is 12.8. The molecule has 138 valence electrons. The summed E-state index contributed by atoms with van der Waals surface area (Å²) < 4.78 is 5.98. The SMILES string of the molecule is C[C@H]1CN(C)CC[C@@H]1NC(=O)C(C)(C)COc1ncccc1C1CC1. The van der Waals surface area contributed by atoms with Crippen LogP contribution in [0.2, 0.25) is 0 Å². The minimum absolute atomic E-state index is 0.0674. The van der Waals surface area contributed by atoms with Crippen LogP contribution in [0.1, 0.15) is 51.5 Å². The summed E-state index contributed by atoms with van der Waals surface area (Å²) in [6, 6.07) is 4.30. The number of ether oxygens (including phenoxy) is 1. The minimum atomic E-state index is -0.582. The minimum Gasteiger partial charge on any atom is -0.476 e. The fraction of sp³-hybridized carbons (Fsp3) is 0.700. The average molecular weight is 345 g/mol. The molecule has 2 atom stereocenters. The van der Waals surface area contributed by atoms with E-state index in [0.717, 1.165) is 19.5 Å². The smallest absolute Gasteiger partial charge is 0.229 e. The molecule has 2 aliphatic rings. The molecule has 1 saturated carbocycles. The van der Waals surface area contributed by atoms with Crippen molar-refractivity contribution in [1.82, 2.24) is 15.2 Å². The topological polar surface area (TPSA) is 54.5 Å². The second-order valence-corrected chi connectivity index (χ2v) is 8.45. The Morgan fingerprint density at radius 1 is 1.40 bits per heavy atom. The lowest BCUT2D eigenvalue weighted by Gasteiger charge is -2.37. The number of aromatic nitrogens is 1. The fourth-order valence-corrected chi connectivity index (χ4v) is 3.48. The summed E-state index contributed by atoms with van der Waals surface area (Å²) in [6.07, 6.45) is 5.18. The van der Waals surface area contributed by atoms with Crippen LogP contribution < -0.4 is 10.1 Å². The van der Waals surface area contributed by atoms with Crippen LogP contribution in [0.4, 0.5) is 0 Å². The summed E-state index contributed by atoms with van der Waals surface area (Å²) in [5, 5.41) is 3.25. The van der Waals surface area contributed by atoms with Crippen molar-refractivity contribution in [3.8, 4) is 5.88 Å². The van der Waals surface area contributed by atoms with Gasteiger partial charge >= 0.3 is 0 Å². The van der Waals surface area contributed by atoms with E-state index in [2.05, 4.69) is 35.2 Å². The molecule has 5 heteroatoms. The van der Waals surface area contributed by atoms with Gasteiger partial charge in [-0.15, -0.1) is 0 Å². The first kappa shape index (κ1) is 18.2. The monoisotopic (exact) mass is 345 g/mol. The Balaban J connectivity index is 1.57. The molecule has 2 heterocycles. The first-order chi connectivity index (χ1) is 11.9. The van der Waals surface area contributed by atoms with Gasteiger partial charge in [0.1, 0.15) is 6.61 Å². The third-order valence-electron chi connectivity index (χ3n) is 5.43. The molecule has 0 aromatic carbocycles. The molecule has 1 aromatic rings. The maximum Gasteiger partial charge on any atom is 0.229 e. The van der Waals surface area contributed by atoms with Crippen molar-refractivity contribution < 1.29 is 9.53 Å². The van der Waals surface area contributed by atoms with Crippen LogP contribution in [-0.2, 0) is 4.79 Å². The second kappa shape index (κ2) is 7.32. The molecule has 25 heavy (non-hydrogen) atoms. The van der Waals surface area contributed by atoms with E-state index in [1.54, 1.807) is 6.20 Å². The number of pyridine rings is 1. The summed E-state index contributed by atoms with van der Waals surface area (Å²) >= 11 is 0. The third kappa shape index (κ3) is 4.51. The lowest BCUT2D eigenvalue weighted by atomic mass is 9.89. The van der Waals surface area contributed by atoms with Gasteiger partial charge in [0, 0.05) is 24.3 Å². The van der Waals surface area contributed by atoms with Crippen molar-refractivity contribution in [2.75, 3.05) is 26.7 Å². The Morgan fingerprint density at radius 2 is 2.16 bits per heavy atom. The molecule has 0 radical (unpaired) electrons. The lowest BCUT2D eigenvalue weighted by molar-refractivity contribution is -0.132. The van der Waals surface area contributed by atoms with Gasteiger partial charge < -0.3 is 15.0 Å². The van der Waals surface area contributed by atoms with Crippen molar-refractivity contribution in [2.24, 2.45) is 11.3 Å². The standard InChI is InChI=1S/C20H31N3O2/c1-14-12-23(4)11-9-17(14)22-19(24)20(2,3)13-25-18-16(15-7-8-15)6-5-10-21-18/h5-6,10,14-15,17H,7-9,11-13H2,1-4H3,(H,22,24)/t14-,17-/m0/s1. The Labute approximate surface area is 151 Å². The maximum absolute atomic E-state index is 12.8. The molecule has 1 aliphatic carbocycles. The Bertz CT molecular complexity index is 613. The highest BCUT2D eigenvalue weighted by Gasteiger charge is 2.34. The van der Waals surface area contributed by atoms with Crippen LogP contribution in [0.3, 0.4) is 0 Å². The van der Waals surface area contributed by atoms with Crippen LogP contribution in [0.25, 0.3) is 0 Å². The van der Waals surface area contributed by atoms with Crippen LogP contribution in [0.15, 0.2) is 18.3 Å². The molecule has 1 amide bonds. The zero-order valence-electron chi connectivity index (χ0n) is 15.9. The predicted octanol–water partition coefficient (Wildman–Crippen LogP) is 2.82. The number of hydrogen-bond donors (Lipinski definition) is 1. The van der Waals surface area contributed by atoms with E-state index in [9.17, 15) is 4.79 Å². The van der Waals surface area contributed by atoms with Gasteiger partial charge in [0.2, 0.25) is 11.8 Å². The molecular formula is C20H31N3O2. The zero-order valence-corrected chi connectivity index (χ0v) is 15.9. The van der Waals surface area contributed by atoms with Gasteiger partial charge in [-0.2, -0.15) is 0 Å². The van der Waals surface area contributed by atoms with E-state index >= 15 is 0 Å². The van der Waals surface area contributed by atoms with Crippen molar-refractivity contribution in [3.63, 3.8) is 0 Å². The summed E-state index contributed by atoms with van der Waals surface area (Å²) in [7, 11) is 2.14. The number of piperidine rings is 1. The molecule has 5 nitrogen and oxygen atoms in total. The molecule has 1 N–H and O–H groups in total. The van der Waals surface area contributed by atoms with E-state index in [1.165, 1.54) is 18.4 Å². The molecule has 0 unspecified atom stereocenters. The normalized spacial score (nSPS) is 24.8. The first-order valence-corrected chi connectivity index (χ1v) is 9.44. The van der Waals surface area contributed by atoms with Crippen LogP contribution in [0, 0.1) is 11.3 Å². The van der Waals surface area contributed by atoms with E-state index < -0.39 is 5.41 Å². The number of amides is 1. The van der Waals surface area contributed by atoms with Crippen molar-refractivity contribution in [1.29, 1.82) is 0 Å². The highest BCUT2D eigenvalue weighted by atomic mass is 16.5. The zero-order chi connectivity index (χ0) is 18.0. The number of hydrogen-bond acceptors (Lipinski definition) is 4. The molecule has 1 aromatic heterocycles. The summed E-state index contributed by atoms with van der Waals surface area (Å²) in [4.78, 5) is 19.5. The quantitative estimate of drug-likeness (QED) is 0.861. The van der Waals surface area contributed by atoms with Crippen LogP contribution >= 0.6 is 0 Å². The Kier molecular flexibility index (Phi) is 5.32. The Hall–Kier alpha value is -1.62. The van der Waals surface area contributed by atoms with Crippen molar-refractivity contribution in [2.45, 2.75) is 52.0 Å². The molecule has 2 fully saturated rings. The van der Waals surface area contributed by atoms with Gasteiger partial charge in [-0.05, 0) is 64.6 Å².